The maximum atomic E-state index is 12.0. The van der Waals surface area contributed by atoms with Gasteiger partial charge in [-0.1, -0.05) is 23.7 Å². The molecular formula is C11H10ClNOS. The lowest BCUT2D eigenvalue weighted by molar-refractivity contribution is -0.116. The van der Waals surface area contributed by atoms with Crippen LogP contribution >= 0.6 is 23.4 Å². The van der Waals surface area contributed by atoms with Crippen LogP contribution in [0.25, 0.3) is 0 Å². The smallest absolute Gasteiger partial charge is 0.240 e. The van der Waals surface area contributed by atoms with Crippen LogP contribution in [-0.2, 0) is 4.79 Å². The van der Waals surface area contributed by atoms with Gasteiger partial charge in [0.15, 0.2) is 0 Å². The number of para-hydroxylation sites is 1. The first-order valence-corrected chi connectivity index (χ1v) is 6.39. The molecule has 1 amide bonds. The van der Waals surface area contributed by atoms with Gasteiger partial charge in [0, 0.05) is 11.8 Å². The van der Waals surface area contributed by atoms with Gasteiger partial charge in [-0.15, -0.1) is 11.8 Å². The predicted molar refractivity (Wildman–Crippen MR) is 63.6 cm³/mol. The van der Waals surface area contributed by atoms with Crippen molar-refractivity contribution < 1.29 is 4.79 Å². The van der Waals surface area contributed by atoms with Crippen LogP contribution in [-0.4, -0.2) is 23.0 Å². The lowest BCUT2D eigenvalue weighted by atomic mass is 10.2. The molecule has 2 aliphatic heterocycles. The summed E-state index contributed by atoms with van der Waals surface area (Å²) in [5.74, 6) is 1.27. The van der Waals surface area contributed by atoms with E-state index >= 15 is 0 Å². The molecular weight excluding hydrogens is 230 g/mol. The summed E-state index contributed by atoms with van der Waals surface area (Å²) in [4.78, 5) is 13.8. The molecule has 2 fully saturated rings. The Kier molecular flexibility index (Phi) is 2.18. The molecule has 1 aromatic carbocycles. The topological polar surface area (TPSA) is 20.3 Å². The Morgan fingerprint density at radius 1 is 1.40 bits per heavy atom. The van der Waals surface area contributed by atoms with Crippen LogP contribution in [0.15, 0.2) is 24.3 Å². The van der Waals surface area contributed by atoms with Gasteiger partial charge in [-0.3, -0.25) is 4.79 Å². The first-order valence-electron chi connectivity index (χ1n) is 4.96. The highest BCUT2D eigenvalue weighted by molar-refractivity contribution is 8.01. The Hall–Kier alpha value is -0.670. The molecule has 2 unspecified atom stereocenters. The summed E-state index contributed by atoms with van der Waals surface area (Å²) in [6, 6.07) is 7.93. The van der Waals surface area contributed by atoms with Gasteiger partial charge >= 0.3 is 0 Å². The monoisotopic (exact) mass is 239 g/mol. The Labute approximate surface area is 97.6 Å². The second kappa shape index (κ2) is 3.42. The van der Waals surface area contributed by atoms with Crippen LogP contribution in [0, 0.1) is 0 Å². The highest BCUT2D eigenvalue weighted by Gasteiger charge is 2.46. The fourth-order valence-corrected chi connectivity index (χ4v) is 3.84. The van der Waals surface area contributed by atoms with Crippen molar-refractivity contribution in [1.82, 2.24) is 0 Å². The molecule has 0 N–H and O–H groups in total. The molecule has 2 bridgehead atoms. The summed E-state index contributed by atoms with van der Waals surface area (Å²) in [6.07, 6.45) is 0.981. The number of rotatable bonds is 1. The first kappa shape index (κ1) is 9.55. The molecule has 4 heteroatoms. The number of amides is 1. The fourth-order valence-electron chi connectivity index (χ4n) is 2.26. The Morgan fingerprint density at radius 3 is 2.87 bits per heavy atom. The molecule has 0 saturated carbocycles. The molecule has 0 spiro atoms. The van der Waals surface area contributed by atoms with Gasteiger partial charge < -0.3 is 4.90 Å². The number of carbonyl (C=O) groups is 1. The fraction of sp³-hybridized carbons (Fsp3) is 0.364. The molecule has 2 nitrogen and oxygen atoms in total. The van der Waals surface area contributed by atoms with Crippen molar-refractivity contribution in [2.24, 2.45) is 0 Å². The van der Waals surface area contributed by atoms with Gasteiger partial charge in [0.25, 0.3) is 0 Å². The molecule has 3 rings (SSSR count). The first-order chi connectivity index (χ1) is 7.27. The van der Waals surface area contributed by atoms with Gasteiger partial charge in [0.2, 0.25) is 5.91 Å². The number of carbonyl (C=O) groups excluding carboxylic acids is 1. The van der Waals surface area contributed by atoms with Crippen molar-refractivity contribution in [3.05, 3.63) is 29.3 Å². The van der Waals surface area contributed by atoms with Crippen LogP contribution in [0.4, 0.5) is 5.69 Å². The molecule has 1 aromatic rings. The van der Waals surface area contributed by atoms with Gasteiger partial charge in [-0.05, 0) is 18.6 Å². The number of halogens is 1. The van der Waals surface area contributed by atoms with Crippen LogP contribution in [0.5, 0.6) is 0 Å². The summed E-state index contributed by atoms with van der Waals surface area (Å²) < 4.78 is 0. The van der Waals surface area contributed by atoms with Crippen molar-refractivity contribution >= 4 is 35.0 Å². The number of thioether (sulfide) groups is 1. The van der Waals surface area contributed by atoms with Gasteiger partial charge in [0.05, 0.1) is 16.0 Å². The summed E-state index contributed by atoms with van der Waals surface area (Å²) in [5.41, 5.74) is 0.872. The summed E-state index contributed by atoms with van der Waals surface area (Å²) in [5, 5.41) is 0.842. The third kappa shape index (κ3) is 1.37. The Balaban J connectivity index is 2.02. The van der Waals surface area contributed by atoms with E-state index in [1.807, 2.05) is 29.2 Å². The van der Waals surface area contributed by atoms with Crippen LogP contribution < -0.4 is 4.90 Å². The quantitative estimate of drug-likeness (QED) is 0.751. The summed E-state index contributed by atoms with van der Waals surface area (Å²) >= 11 is 7.88. The van der Waals surface area contributed by atoms with E-state index in [9.17, 15) is 4.79 Å². The molecule has 0 aliphatic carbocycles. The Morgan fingerprint density at radius 2 is 2.20 bits per heavy atom. The highest BCUT2D eigenvalue weighted by atomic mass is 35.5. The number of nitrogens with zero attached hydrogens (tertiary/aromatic N) is 1. The van der Waals surface area contributed by atoms with E-state index in [0.29, 0.717) is 11.1 Å². The van der Waals surface area contributed by atoms with Crippen LogP contribution in [0.1, 0.15) is 6.42 Å². The van der Waals surface area contributed by atoms with E-state index in [4.69, 9.17) is 11.6 Å². The van der Waals surface area contributed by atoms with Crippen molar-refractivity contribution in [1.29, 1.82) is 0 Å². The zero-order chi connectivity index (χ0) is 10.4. The average molecular weight is 240 g/mol. The van der Waals surface area contributed by atoms with Crippen LogP contribution in [0.3, 0.4) is 0 Å². The Bertz CT molecular complexity index is 423. The normalized spacial score (nSPS) is 28.9. The van der Waals surface area contributed by atoms with Crippen molar-refractivity contribution in [3.63, 3.8) is 0 Å². The minimum Gasteiger partial charge on any atom is -0.306 e. The largest absolute Gasteiger partial charge is 0.306 e. The van der Waals surface area contributed by atoms with Gasteiger partial charge in [-0.25, -0.2) is 0 Å². The second-order valence-corrected chi connectivity index (χ2v) is 5.51. The SMILES string of the molecule is O=C1C2CC(CS2)N1c1ccccc1Cl. The van der Waals surface area contributed by atoms with E-state index in [1.165, 1.54) is 0 Å². The molecule has 0 radical (unpaired) electrons. The minimum atomic E-state index is 0.172. The maximum Gasteiger partial charge on any atom is 0.240 e. The molecule has 2 aliphatic rings. The average Bonchev–Trinajstić information content (AvgIpc) is 2.80. The number of benzene rings is 1. The lowest BCUT2D eigenvalue weighted by Crippen LogP contribution is -2.38. The standard InChI is InChI=1S/C11H10ClNOS/c12-8-3-1-2-4-9(8)13-7-5-10(11(13)14)15-6-7/h1-4,7,10H,5-6H2. The van der Waals surface area contributed by atoms with E-state index in [2.05, 4.69) is 0 Å². The highest BCUT2D eigenvalue weighted by Crippen LogP contribution is 2.42. The molecule has 2 heterocycles. The molecule has 78 valence electrons. The molecule has 2 atom stereocenters. The zero-order valence-corrected chi connectivity index (χ0v) is 9.59. The van der Waals surface area contributed by atoms with E-state index < -0.39 is 0 Å². The second-order valence-electron chi connectivity index (χ2n) is 3.87. The van der Waals surface area contributed by atoms with Crippen molar-refractivity contribution in [2.75, 3.05) is 10.7 Å². The summed E-state index contributed by atoms with van der Waals surface area (Å²) in [7, 11) is 0. The lowest BCUT2D eigenvalue weighted by Gasteiger charge is -2.27. The van der Waals surface area contributed by atoms with E-state index in [-0.39, 0.29) is 11.2 Å². The third-order valence-electron chi connectivity index (χ3n) is 2.97. The summed E-state index contributed by atoms with van der Waals surface area (Å²) in [6.45, 7) is 0. The van der Waals surface area contributed by atoms with Crippen LogP contribution in [0.2, 0.25) is 5.02 Å². The molecule has 15 heavy (non-hydrogen) atoms. The van der Waals surface area contributed by atoms with E-state index in [0.717, 1.165) is 17.9 Å². The number of hydrogen-bond donors (Lipinski definition) is 0. The zero-order valence-electron chi connectivity index (χ0n) is 8.02. The van der Waals surface area contributed by atoms with Crippen molar-refractivity contribution in [3.8, 4) is 0 Å². The van der Waals surface area contributed by atoms with Gasteiger partial charge in [-0.2, -0.15) is 0 Å². The van der Waals surface area contributed by atoms with E-state index in [1.54, 1.807) is 11.8 Å². The maximum absolute atomic E-state index is 12.0. The van der Waals surface area contributed by atoms with Gasteiger partial charge in [0.1, 0.15) is 0 Å². The minimum absolute atomic E-state index is 0.172. The van der Waals surface area contributed by atoms with Crippen molar-refractivity contribution in [2.45, 2.75) is 17.7 Å². The number of anilines is 1. The third-order valence-corrected chi connectivity index (χ3v) is 4.66. The molecule has 2 saturated heterocycles. The number of hydrogen-bond acceptors (Lipinski definition) is 2. The number of fused-ring (bicyclic) bond motifs is 2. The predicted octanol–water partition coefficient (Wildman–Crippen LogP) is 2.56. The molecule has 0 aromatic heterocycles.